The van der Waals surface area contributed by atoms with Crippen molar-refractivity contribution in [2.75, 3.05) is 5.32 Å². The first-order chi connectivity index (χ1) is 16.0. The van der Waals surface area contributed by atoms with Crippen LogP contribution in [0.2, 0.25) is 5.02 Å². The normalized spacial score (nSPS) is 12.7. The molecule has 4 rings (SSSR count). The Labute approximate surface area is 200 Å². The molecule has 0 radical (unpaired) electrons. The number of benzene rings is 1. The number of rotatable bonds is 5. The van der Waals surface area contributed by atoms with Gasteiger partial charge in [0, 0.05) is 24.2 Å². The van der Waals surface area contributed by atoms with Gasteiger partial charge in [0.15, 0.2) is 0 Å². The maximum absolute atomic E-state index is 12.4. The van der Waals surface area contributed by atoms with Crippen molar-refractivity contribution in [3.63, 3.8) is 0 Å². The van der Waals surface area contributed by atoms with Gasteiger partial charge in [0.25, 0.3) is 11.8 Å². The fourth-order valence-corrected chi connectivity index (χ4v) is 3.30. The van der Waals surface area contributed by atoms with Crippen LogP contribution in [0.3, 0.4) is 0 Å². The van der Waals surface area contributed by atoms with Gasteiger partial charge in [0.2, 0.25) is 0 Å². The first-order valence-electron chi connectivity index (χ1n) is 9.41. The van der Waals surface area contributed by atoms with Crippen LogP contribution in [-0.2, 0) is 0 Å². The molecular weight excluding hydrogens is 514 g/mol. The SMILES string of the molecule is O=C(NC1=CC=NC=C(c2ccncc2)N1)Oc1n[nH]c(NC(=O)c2ccccc2Cl)c1Br. The first-order valence-corrected chi connectivity index (χ1v) is 10.6. The number of carbonyl (C=O) groups is 2. The highest BCUT2D eigenvalue weighted by molar-refractivity contribution is 9.10. The van der Waals surface area contributed by atoms with Gasteiger partial charge < -0.3 is 15.4 Å². The molecule has 0 bridgehead atoms. The smallest absolute Gasteiger partial charge is 0.388 e. The predicted molar refractivity (Wildman–Crippen MR) is 127 cm³/mol. The van der Waals surface area contributed by atoms with E-state index in [-0.39, 0.29) is 21.7 Å². The van der Waals surface area contributed by atoms with Crippen molar-refractivity contribution >= 4 is 57.3 Å². The standard InChI is InChI=1S/C21H15BrClN7O3/c22-17-18(28-19(31)13-3-1-2-4-14(13)23)29-30-20(17)33-21(32)27-16-7-10-25-11-15(26-16)12-5-8-24-9-6-12/h1-11,26H,(H,27,32)(H2,28,29,30,31). The summed E-state index contributed by atoms with van der Waals surface area (Å²) in [6.07, 6.45) is 7.19. The molecule has 0 unspecified atom stereocenters. The number of aromatic amines is 1. The predicted octanol–water partition coefficient (Wildman–Crippen LogP) is 4.08. The van der Waals surface area contributed by atoms with Crippen molar-refractivity contribution in [2.24, 2.45) is 4.99 Å². The lowest BCUT2D eigenvalue weighted by molar-refractivity contribution is 0.102. The van der Waals surface area contributed by atoms with E-state index in [9.17, 15) is 9.59 Å². The van der Waals surface area contributed by atoms with E-state index in [0.717, 1.165) is 5.56 Å². The van der Waals surface area contributed by atoms with Gasteiger partial charge in [-0.25, -0.2) is 4.79 Å². The zero-order chi connectivity index (χ0) is 23.2. The topological polar surface area (TPSA) is 133 Å². The Morgan fingerprint density at radius 1 is 1.09 bits per heavy atom. The number of hydrogen-bond donors (Lipinski definition) is 4. The molecule has 0 aliphatic carbocycles. The van der Waals surface area contributed by atoms with E-state index in [0.29, 0.717) is 16.5 Å². The Morgan fingerprint density at radius 2 is 1.88 bits per heavy atom. The molecule has 3 heterocycles. The molecule has 0 atom stereocenters. The molecule has 10 nitrogen and oxygen atoms in total. The Morgan fingerprint density at radius 3 is 2.67 bits per heavy atom. The average Bonchev–Trinajstić information content (AvgIpc) is 3.00. The summed E-state index contributed by atoms with van der Waals surface area (Å²) in [5.41, 5.74) is 1.77. The number of halogens is 2. The molecule has 3 aromatic rings. The van der Waals surface area contributed by atoms with Gasteiger partial charge in [0.05, 0.1) is 22.5 Å². The van der Waals surface area contributed by atoms with Crippen molar-refractivity contribution < 1.29 is 14.3 Å². The van der Waals surface area contributed by atoms with Crippen molar-refractivity contribution in [3.05, 3.63) is 87.5 Å². The van der Waals surface area contributed by atoms with Crippen LogP contribution in [-0.4, -0.2) is 33.4 Å². The van der Waals surface area contributed by atoms with Crippen LogP contribution in [0.1, 0.15) is 15.9 Å². The number of pyridine rings is 1. The summed E-state index contributed by atoms with van der Waals surface area (Å²) in [7, 11) is 0. The number of carbonyl (C=O) groups excluding carboxylic acids is 2. The summed E-state index contributed by atoms with van der Waals surface area (Å²) in [5, 5.41) is 15.1. The van der Waals surface area contributed by atoms with Gasteiger partial charge in [-0.1, -0.05) is 23.7 Å². The molecular formula is C21H15BrClN7O3. The van der Waals surface area contributed by atoms with E-state index in [1.54, 1.807) is 61.1 Å². The van der Waals surface area contributed by atoms with Crippen LogP contribution >= 0.6 is 27.5 Å². The first kappa shape index (κ1) is 22.2. The quantitative estimate of drug-likeness (QED) is 0.394. The summed E-state index contributed by atoms with van der Waals surface area (Å²) in [6.45, 7) is 0. The van der Waals surface area contributed by atoms with Gasteiger partial charge >= 0.3 is 6.09 Å². The molecule has 4 N–H and O–H groups in total. The summed E-state index contributed by atoms with van der Waals surface area (Å²) in [4.78, 5) is 33.0. The third-order valence-electron chi connectivity index (χ3n) is 4.25. The van der Waals surface area contributed by atoms with Crippen LogP contribution in [0.25, 0.3) is 5.70 Å². The minimum Gasteiger partial charge on any atom is -0.388 e. The lowest BCUT2D eigenvalue weighted by Crippen LogP contribution is -2.33. The highest BCUT2D eigenvalue weighted by atomic mass is 79.9. The second-order valence-electron chi connectivity index (χ2n) is 6.45. The highest BCUT2D eigenvalue weighted by Gasteiger charge is 2.19. The molecule has 166 valence electrons. The van der Waals surface area contributed by atoms with Crippen LogP contribution in [0, 0.1) is 0 Å². The van der Waals surface area contributed by atoms with E-state index in [2.05, 4.69) is 52.1 Å². The third-order valence-corrected chi connectivity index (χ3v) is 5.32. The number of nitrogens with zero attached hydrogens (tertiary/aromatic N) is 3. The van der Waals surface area contributed by atoms with E-state index in [1.807, 2.05) is 0 Å². The highest BCUT2D eigenvalue weighted by Crippen LogP contribution is 2.30. The molecule has 2 aromatic heterocycles. The fraction of sp³-hybridized carbons (Fsp3) is 0. The summed E-state index contributed by atoms with van der Waals surface area (Å²) in [6, 6.07) is 10.2. The lowest BCUT2D eigenvalue weighted by Gasteiger charge is -2.13. The van der Waals surface area contributed by atoms with Crippen molar-refractivity contribution in [1.82, 2.24) is 25.8 Å². The molecule has 33 heavy (non-hydrogen) atoms. The van der Waals surface area contributed by atoms with Gasteiger partial charge in [0.1, 0.15) is 16.1 Å². The van der Waals surface area contributed by atoms with Crippen LogP contribution in [0.4, 0.5) is 10.6 Å². The number of hydrogen-bond acceptors (Lipinski definition) is 7. The lowest BCUT2D eigenvalue weighted by atomic mass is 10.2. The number of H-pyrrole nitrogens is 1. The second-order valence-corrected chi connectivity index (χ2v) is 7.65. The molecule has 0 spiro atoms. The molecule has 1 aromatic carbocycles. The van der Waals surface area contributed by atoms with E-state index < -0.39 is 12.0 Å². The molecule has 0 fully saturated rings. The maximum atomic E-state index is 12.4. The van der Waals surface area contributed by atoms with Gasteiger partial charge in [-0.3, -0.25) is 25.2 Å². The number of anilines is 1. The number of aliphatic imine (C=N–C) groups is 1. The van der Waals surface area contributed by atoms with E-state index >= 15 is 0 Å². The second kappa shape index (κ2) is 10.1. The minimum absolute atomic E-state index is 0.0743. The van der Waals surface area contributed by atoms with E-state index in [4.69, 9.17) is 16.3 Å². The molecule has 12 heteroatoms. The fourth-order valence-electron chi connectivity index (χ4n) is 2.72. The molecule has 1 aliphatic heterocycles. The van der Waals surface area contributed by atoms with Crippen molar-refractivity contribution in [2.45, 2.75) is 0 Å². The van der Waals surface area contributed by atoms with Crippen LogP contribution in [0.5, 0.6) is 5.88 Å². The summed E-state index contributed by atoms with van der Waals surface area (Å²) >= 11 is 9.31. The Balaban J connectivity index is 1.39. The van der Waals surface area contributed by atoms with Crippen molar-refractivity contribution in [3.8, 4) is 5.88 Å². The summed E-state index contributed by atoms with van der Waals surface area (Å²) in [5.74, 6) is 0.00556. The largest absolute Gasteiger partial charge is 0.419 e. The number of ether oxygens (including phenoxy) is 1. The zero-order valence-corrected chi connectivity index (χ0v) is 19.0. The third kappa shape index (κ3) is 5.45. The molecule has 0 saturated carbocycles. The Kier molecular flexibility index (Phi) is 6.81. The molecule has 0 saturated heterocycles. The van der Waals surface area contributed by atoms with Crippen LogP contribution in [0.15, 0.2) is 76.4 Å². The van der Waals surface area contributed by atoms with Gasteiger partial charge in [-0.05, 0) is 46.3 Å². The summed E-state index contributed by atoms with van der Waals surface area (Å²) < 4.78 is 5.50. The number of aromatic nitrogens is 3. The van der Waals surface area contributed by atoms with Gasteiger partial charge in [-0.2, -0.15) is 0 Å². The zero-order valence-electron chi connectivity index (χ0n) is 16.7. The Hall–Kier alpha value is -3.96. The number of nitrogens with one attached hydrogen (secondary N) is 4. The monoisotopic (exact) mass is 527 g/mol. The molecule has 1 aliphatic rings. The van der Waals surface area contributed by atoms with Crippen LogP contribution < -0.4 is 20.7 Å². The number of amides is 2. The molecule has 2 amide bonds. The Bertz CT molecular complexity index is 1290. The van der Waals surface area contributed by atoms with Crippen molar-refractivity contribution in [1.29, 1.82) is 0 Å². The van der Waals surface area contributed by atoms with E-state index in [1.165, 1.54) is 6.21 Å². The maximum Gasteiger partial charge on any atom is 0.419 e. The average molecular weight is 529 g/mol. The van der Waals surface area contributed by atoms with Gasteiger partial charge in [-0.15, -0.1) is 5.10 Å². The number of allylic oxidation sites excluding steroid dienone is 1. The minimum atomic E-state index is -0.811.